The predicted molar refractivity (Wildman–Crippen MR) is 62.8 cm³/mol. The van der Waals surface area contributed by atoms with Gasteiger partial charge in [-0.3, -0.25) is 4.98 Å². The van der Waals surface area contributed by atoms with Gasteiger partial charge in [0.15, 0.2) is 0 Å². The summed E-state index contributed by atoms with van der Waals surface area (Å²) in [6, 6.07) is 5.26. The number of hydrogen-bond donors (Lipinski definition) is 2. The third-order valence-electron chi connectivity index (χ3n) is 2.24. The molecule has 0 aliphatic rings. The van der Waals surface area contributed by atoms with Crippen molar-refractivity contribution in [2.75, 3.05) is 18.6 Å². The topological polar surface area (TPSA) is 87.0 Å². The third kappa shape index (κ3) is 1.75. The summed E-state index contributed by atoms with van der Waals surface area (Å²) in [7, 11) is 1.60. The quantitative estimate of drug-likeness (QED) is 0.790. The first kappa shape index (κ1) is 10.2. The van der Waals surface area contributed by atoms with Crippen LogP contribution in [0.15, 0.2) is 30.6 Å². The predicted octanol–water partition coefficient (Wildman–Crippen LogP) is 1.32. The van der Waals surface area contributed by atoms with Gasteiger partial charge in [-0.15, -0.1) is 0 Å². The molecule has 0 saturated heterocycles. The van der Waals surface area contributed by atoms with Gasteiger partial charge in [-0.25, -0.2) is 4.98 Å². The van der Waals surface area contributed by atoms with Gasteiger partial charge in [0.2, 0.25) is 0 Å². The number of pyridine rings is 2. The number of nitrogen functional groups attached to an aromatic ring is 2. The van der Waals surface area contributed by atoms with Crippen molar-refractivity contribution in [3.8, 4) is 16.9 Å². The van der Waals surface area contributed by atoms with E-state index >= 15 is 0 Å². The first-order valence-electron chi connectivity index (χ1n) is 4.72. The highest BCUT2D eigenvalue weighted by Crippen LogP contribution is 2.32. The molecule has 0 aliphatic carbocycles. The van der Waals surface area contributed by atoms with Crippen LogP contribution in [0.25, 0.3) is 11.1 Å². The van der Waals surface area contributed by atoms with E-state index in [2.05, 4.69) is 9.97 Å². The maximum atomic E-state index is 5.80. The smallest absolute Gasteiger partial charge is 0.133 e. The molecule has 0 atom stereocenters. The number of nitrogens with zero attached hydrogens (tertiary/aromatic N) is 2. The summed E-state index contributed by atoms with van der Waals surface area (Å²) >= 11 is 0. The van der Waals surface area contributed by atoms with Crippen LogP contribution in [0, 0.1) is 0 Å². The fourth-order valence-corrected chi connectivity index (χ4v) is 1.48. The monoisotopic (exact) mass is 216 g/mol. The summed E-state index contributed by atoms with van der Waals surface area (Å²) in [4.78, 5) is 8.04. The number of methoxy groups -OCH3 is 1. The average Bonchev–Trinajstić information content (AvgIpc) is 2.29. The Bertz CT molecular complexity index is 513. The van der Waals surface area contributed by atoms with Crippen LogP contribution in [-0.2, 0) is 0 Å². The molecule has 0 unspecified atom stereocenters. The molecule has 2 rings (SSSR count). The SMILES string of the molecule is COc1ccncc1-c1ccc(N)nc1N. The minimum atomic E-state index is 0.367. The van der Waals surface area contributed by atoms with Crippen molar-refractivity contribution >= 4 is 11.6 Å². The van der Waals surface area contributed by atoms with E-state index in [4.69, 9.17) is 16.2 Å². The fraction of sp³-hybridized carbons (Fsp3) is 0.0909. The highest BCUT2D eigenvalue weighted by molar-refractivity contribution is 5.78. The zero-order chi connectivity index (χ0) is 11.5. The molecule has 0 saturated carbocycles. The van der Waals surface area contributed by atoms with E-state index in [1.54, 1.807) is 37.7 Å². The van der Waals surface area contributed by atoms with E-state index in [0.29, 0.717) is 17.4 Å². The molecular weight excluding hydrogens is 204 g/mol. The zero-order valence-electron chi connectivity index (χ0n) is 8.84. The van der Waals surface area contributed by atoms with Crippen LogP contribution in [0.3, 0.4) is 0 Å². The Labute approximate surface area is 93.1 Å². The number of nitrogens with two attached hydrogens (primary N) is 2. The molecular formula is C11H12N4O. The van der Waals surface area contributed by atoms with Crippen LogP contribution >= 0.6 is 0 Å². The minimum absolute atomic E-state index is 0.367. The molecule has 2 aromatic rings. The molecule has 4 N–H and O–H groups in total. The Kier molecular flexibility index (Phi) is 2.59. The summed E-state index contributed by atoms with van der Waals surface area (Å²) in [5.41, 5.74) is 12.9. The van der Waals surface area contributed by atoms with Crippen LogP contribution < -0.4 is 16.2 Å². The molecule has 0 bridgehead atoms. The lowest BCUT2D eigenvalue weighted by atomic mass is 10.1. The van der Waals surface area contributed by atoms with Crippen molar-refractivity contribution in [3.63, 3.8) is 0 Å². The molecule has 2 aromatic heterocycles. The molecule has 16 heavy (non-hydrogen) atoms. The number of aromatic nitrogens is 2. The molecule has 0 spiro atoms. The molecule has 5 heteroatoms. The first-order valence-corrected chi connectivity index (χ1v) is 4.72. The third-order valence-corrected chi connectivity index (χ3v) is 2.24. The lowest BCUT2D eigenvalue weighted by Gasteiger charge is -2.09. The fourth-order valence-electron chi connectivity index (χ4n) is 1.48. The van der Waals surface area contributed by atoms with E-state index in [0.717, 1.165) is 11.1 Å². The average molecular weight is 216 g/mol. The summed E-state index contributed by atoms with van der Waals surface area (Å²) in [6.45, 7) is 0. The maximum Gasteiger partial charge on any atom is 0.133 e. The lowest BCUT2D eigenvalue weighted by molar-refractivity contribution is 0.416. The molecule has 0 fully saturated rings. The normalized spacial score (nSPS) is 10.1. The van der Waals surface area contributed by atoms with Gasteiger partial charge < -0.3 is 16.2 Å². The Hall–Kier alpha value is -2.30. The van der Waals surface area contributed by atoms with E-state index < -0.39 is 0 Å². The van der Waals surface area contributed by atoms with Crippen molar-refractivity contribution in [3.05, 3.63) is 30.6 Å². The molecule has 0 amide bonds. The van der Waals surface area contributed by atoms with Gasteiger partial charge >= 0.3 is 0 Å². The molecule has 2 heterocycles. The van der Waals surface area contributed by atoms with Crippen molar-refractivity contribution < 1.29 is 4.74 Å². The molecule has 82 valence electrons. The Morgan fingerprint density at radius 3 is 2.62 bits per heavy atom. The van der Waals surface area contributed by atoms with Crippen molar-refractivity contribution in [1.82, 2.24) is 9.97 Å². The molecule has 0 radical (unpaired) electrons. The van der Waals surface area contributed by atoms with E-state index in [-0.39, 0.29) is 0 Å². The molecule has 0 aliphatic heterocycles. The van der Waals surface area contributed by atoms with Gasteiger partial charge in [0, 0.05) is 23.5 Å². The van der Waals surface area contributed by atoms with E-state index in [1.165, 1.54) is 0 Å². The van der Waals surface area contributed by atoms with Crippen LogP contribution in [0.2, 0.25) is 0 Å². The number of ether oxygens (including phenoxy) is 1. The molecule has 0 aromatic carbocycles. The second-order valence-electron chi connectivity index (χ2n) is 3.24. The van der Waals surface area contributed by atoms with Crippen LogP contribution in [0.1, 0.15) is 0 Å². The summed E-state index contributed by atoms with van der Waals surface area (Å²) in [6.07, 6.45) is 3.34. The Morgan fingerprint density at radius 1 is 1.12 bits per heavy atom. The summed E-state index contributed by atoms with van der Waals surface area (Å²) in [5.74, 6) is 1.46. The van der Waals surface area contributed by atoms with Crippen LogP contribution in [-0.4, -0.2) is 17.1 Å². The van der Waals surface area contributed by atoms with Crippen LogP contribution in [0.4, 0.5) is 11.6 Å². The van der Waals surface area contributed by atoms with E-state index in [1.807, 2.05) is 0 Å². The lowest BCUT2D eigenvalue weighted by Crippen LogP contribution is -1.99. The summed E-state index contributed by atoms with van der Waals surface area (Å²) < 4.78 is 5.23. The van der Waals surface area contributed by atoms with Gasteiger partial charge in [-0.05, 0) is 18.2 Å². The number of anilines is 2. The standard InChI is InChI=1S/C11H12N4O/c1-16-9-4-5-14-6-8(9)7-2-3-10(12)15-11(7)13/h2-6H,1H3,(H4,12,13,15). The molecule has 5 nitrogen and oxygen atoms in total. The van der Waals surface area contributed by atoms with E-state index in [9.17, 15) is 0 Å². The van der Waals surface area contributed by atoms with Gasteiger partial charge in [-0.1, -0.05) is 0 Å². The second-order valence-corrected chi connectivity index (χ2v) is 3.24. The summed E-state index contributed by atoms with van der Waals surface area (Å²) in [5, 5.41) is 0. The number of hydrogen-bond acceptors (Lipinski definition) is 5. The van der Waals surface area contributed by atoms with Gasteiger partial charge in [0.25, 0.3) is 0 Å². The minimum Gasteiger partial charge on any atom is -0.496 e. The number of rotatable bonds is 2. The maximum absolute atomic E-state index is 5.80. The van der Waals surface area contributed by atoms with Gasteiger partial charge in [0.1, 0.15) is 17.4 Å². The van der Waals surface area contributed by atoms with Gasteiger partial charge in [0.05, 0.1) is 7.11 Å². The Balaban J connectivity index is 2.58. The zero-order valence-corrected chi connectivity index (χ0v) is 8.84. The van der Waals surface area contributed by atoms with Crippen molar-refractivity contribution in [1.29, 1.82) is 0 Å². The highest BCUT2D eigenvalue weighted by atomic mass is 16.5. The highest BCUT2D eigenvalue weighted by Gasteiger charge is 2.09. The van der Waals surface area contributed by atoms with Crippen molar-refractivity contribution in [2.24, 2.45) is 0 Å². The first-order chi connectivity index (χ1) is 7.72. The second kappa shape index (κ2) is 4.06. The van der Waals surface area contributed by atoms with Gasteiger partial charge in [-0.2, -0.15) is 0 Å². The van der Waals surface area contributed by atoms with Crippen molar-refractivity contribution in [2.45, 2.75) is 0 Å². The van der Waals surface area contributed by atoms with Crippen LogP contribution in [0.5, 0.6) is 5.75 Å². The Morgan fingerprint density at radius 2 is 1.94 bits per heavy atom. The largest absolute Gasteiger partial charge is 0.496 e.